The number of alkyl halides is 1. The summed E-state index contributed by atoms with van der Waals surface area (Å²) in [7, 11) is 0. The minimum Gasteiger partial charge on any atom is -0.490 e. The first-order chi connectivity index (χ1) is 8.33. The lowest BCUT2D eigenvalue weighted by atomic mass is 9.93. The van der Waals surface area contributed by atoms with Crippen LogP contribution in [-0.2, 0) is 5.88 Å². The van der Waals surface area contributed by atoms with Gasteiger partial charge < -0.3 is 4.74 Å². The number of ether oxygens (including phenoxy) is 1. The molecule has 0 spiro atoms. The fourth-order valence-electron chi connectivity index (χ4n) is 1.38. The smallest absolute Gasteiger partial charge is 0.160 e. The monoisotopic (exact) mass is 270 g/mol. The Morgan fingerprint density at radius 3 is 2.50 bits per heavy atom. The maximum atomic E-state index is 5.91. The van der Waals surface area contributed by atoms with Crippen LogP contribution in [0.2, 0.25) is 0 Å². The number of aromatic nitrogens is 2. The van der Waals surface area contributed by atoms with Crippen LogP contribution < -0.4 is 4.74 Å². The van der Waals surface area contributed by atoms with E-state index < -0.39 is 0 Å². The third kappa shape index (κ3) is 4.81. The number of hydrogen-bond acceptors (Lipinski definition) is 3. The summed E-state index contributed by atoms with van der Waals surface area (Å²) in [4.78, 5) is 8.74. The molecule has 1 rings (SSSR count). The van der Waals surface area contributed by atoms with Crippen molar-refractivity contribution in [1.29, 1.82) is 0 Å². The molecule has 0 bridgehead atoms. The minimum absolute atomic E-state index is 0.264. The molecule has 1 aromatic heterocycles. The molecule has 0 aromatic carbocycles. The van der Waals surface area contributed by atoms with Gasteiger partial charge in [-0.15, -0.1) is 11.6 Å². The molecule has 18 heavy (non-hydrogen) atoms. The van der Waals surface area contributed by atoms with Crippen molar-refractivity contribution in [3.63, 3.8) is 0 Å². The molecule has 0 atom stereocenters. The zero-order valence-corrected chi connectivity index (χ0v) is 12.7. The fourth-order valence-corrected chi connectivity index (χ4v) is 1.57. The zero-order valence-electron chi connectivity index (χ0n) is 12.0. The first-order valence-electron chi connectivity index (χ1n) is 6.38. The van der Waals surface area contributed by atoms with E-state index in [9.17, 15) is 0 Å². The summed E-state index contributed by atoms with van der Waals surface area (Å²) in [5.74, 6) is 2.18. The lowest BCUT2D eigenvalue weighted by Crippen LogP contribution is -2.12. The highest BCUT2D eigenvalue weighted by Gasteiger charge is 2.13. The molecule has 0 saturated heterocycles. The normalized spacial score (nSPS) is 11.9. The van der Waals surface area contributed by atoms with Crippen LogP contribution in [0.15, 0.2) is 6.20 Å². The van der Waals surface area contributed by atoms with Gasteiger partial charge in [-0.05, 0) is 11.8 Å². The molecule has 0 N–H and O–H groups in total. The molecule has 0 aliphatic heterocycles. The Kier molecular flexibility index (Phi) is 5.39. The van der Waals surface area contributed by atoms with E-state index in [0.29, 0.717) is 24.2 Å². The summed E-state index contributed by atoms with van der Waals surface area (Å²) in [5.41, 5.74) is 1.05. The van der Waals surface area contributed by atoms with Gasteiger partial charge >= 0.3 is 0 Å². The van der Waals surface area contributed by atoms with Crippen LogP contribution in [0.1, 0.15) is 58.5 Å². The lowest BCUT2D eigenvalue weighted by Gasteiger charge is -2.18. The third-order valence-electron chi connectivity index (χ3n) is 2.60. The van der Waals surface area contributed by atoms with E-state index in [1.54, 1.807) is 6.20 Å². The molecular formula is C14H23ClN2O. The van der Waals surface area contributed by atoms with Gasteiger partial charge in [0, 0.05) is 5.92 Å². The van der Waals surface area contributed by atoms with Gasteiger partial charge in [-0.1, -0.05) is 34.6 Å². The van der Waals surface area contributed by atoms with Crippen molar-refractivity contribution in [2.45, 2.75) is 52.8 Å². The summed E-state index contributed by atoms with van der Waals surface area (Å²) >= 11 is 5.91. The van der Waals surface area contributed by atoms with E-state index in [4.69, 9.17) is 16.3 Å². The van der Waals surface area contributed by atoms with E-state index in [0.717, 1.165) is 17.9 Å². The Labute approximate surface area is 115 Å². The predicted molar refractivity (Wildman–Crippen MR) is 75.2 cm³/mol. The Morgan fingerprint density at radius 2 is 2.00 bits per heavy atom. The minimum atomic E-state index is 0.264. The third-order valence-corrected chi connectivity index (χ3v) is 2.85. The van der Waals surface area contributed by atoms with Gasteiger partial charge in [0.15, 0.2) is 5.75 Å². The van der Waals surface area contributed by atoms with Gasteiger partial charge in [0.05, 0.1) is 18.7 Å². The van der Waals surface area contributed by atoms with Crippen LogP contribution in [0.4, 0.5) is 0 Å². The molecule has 1 aromatic rings. The molecule has 1 heterocycles. The standard InChI is InChI=1S/C14H23ClN2O/c1-10(2)13-16-9-12(11(8-15)17-13)18-7-6-14(3,4)5/h9-10H,6-8H2,1-5H3. The molecule has 0 aliphatic carbocycles. The molecule has 4 heteroatoms. The molecule has 0 radical (unpaired) electrons. The summed E-state index contributed by atoms with van der Waals surface area (Å²) in [6.45, 7) is 11.4. The van der Waals surface area contributed by atoms with Crippen molar-refractivity contribution in [3.05, 3.63) is 17.7 Å². The first-order valence-corrected chi connectivity index (χ1v) is 6.91. The van der Waals surface area contributed by atoms with E-state index in [1.807, 2.05) is 0 Å². The topological polar surface area (TPSA) is 35.0 Å². The molecule has 0 amide bonds. The van der Waals surface area contributed by atoms with E-state index in [2.05, 4.69) is 44.6 Å². The Balaban J connectivity index is 2.71. The van der Waals surface area contributed by atoms with Gasteiger partial charge in [-0.3, -0.25) is 0 Å². The predicted octanol–water partition coefficient (Wildman–Crippen LogP) is 4.15. The maximum absolute atomic E-state index is 5.91. The Bertz CT molecular complexity index is 386. The highest BCUT2D eigenvalue weighted by Crippen LogP contribution is 2.23. The second kappa shape index (κ2) is 6.37. The lowest BCUT2D eigenvalue weighted by molar-refractivity contribution is 0.240. The number of hydrogen-bond donors (Lipinski definition) is 0. The number of halogens is 1. The quantitative estimate of drug-likeness (QED) is 0.754. The summed E-state index contributed by atoms with van der Waals surface area (Å²) in [5, 5.41) is 0. The van der Waals surface area contributed by atoms with Crippen molar-refractivity contribution in [2.24, 2.45) is 5.41 Å². The number of rotatable bonds is 5. The van der Waals surface area contributed by atoms with E-state index >= 15 is 0 Å². The fraction of sp³-hybridized carbons (Fsp3) is 0.714. The van der Waals surface area contributed by atoms with Crippen molar-refractivity contribution < 1.29 is 4.74 Å². The van der Waals surface area contributed by atoms with Crippen molar-refractivity contribution >= 4 is 11.6 Å². The van der Waals surface area contributed by atoms with Crippen molar-refractivity contribution in [3.8, 4) is 5.75 Å². The molecule has 0 aliphatic rings. The molecular weight excluding hydrogens is 248 g/mol. The van der Waals surface area contributed by atoms with Crippen LogP contribution >= 0.6 is 11.6 Å². The SMILES string of the molecule is CC(C)c1ncc(OCCC(C)(C)C)c(CCl)n1. The maximum Gasteiger partial charge on any atom is 0.160 e. The van der Waals surface area contributed by atoms with Gasteiger partial charge in [0.25, 0.3) is 0 Å². The van der Waals surface area contributed by atoms with Crippen LogP contribution in [-0.4, -0.2) is 16.6 Å². The van der Waals surface area contributed by atoms with E-state index in [1.165, 1.54) is 0 Å². The summed E-state index contributed by atoms with van der Waals surface area (Å²) in [6, 6.07) is 0. The summed E-state index contributed by atoms with van der Waals surface area (Å²) < 4.78 is 5.73. The first kappa shape index (κ1) is 15.2. The van der Waals surface area contributed by atoms with Gasteiger partial charge in [0.1, 0.15) is 11.5 Å². The van der Waals surface area contributed by atoms with Crippen LogP contribution in [0.25, 0.3) is 0 Å². The number of nitrogens with zero attached hydrogens (tertiary/aromatic N) is 2. The largest absolute Gasteiger partial charge is 0.490 e. The molecule has 102 valence electrons. The van der Waals surface area contributed by atoms with Gasteiger partial charge in [-0.25, -0.2) is 9.97 Å². The van der Waals surface area contributed by atoms with Gasteiger partial charge in [-0.2, -0.15) is 0 Å². The molecule has 0 saturated carbocycles. The molecule has 0 unspecified atom stereocenters. The molecule has 0 fully saturated rings. The summed E-state index contributed by atoms with van der Waals surface area (Å²) in [6.07, 6.45) is 2.73. The van der Waals surface area contributed by atoms with Crippen LogP contribution in [0.3, 0.4) is 0 Å². The second-order valence-electron chi connectivity index (χ2n) is 5.99. The zero-order chi connectivity index (χ0) is 13.8. The van der Waals surface area contributed by atoms with Crippen molar-refractivity contribution in [1.82, 2.24) is 9.97 Å². The average molecular weight is 271 g/mol. The van der Waals surface area contributed by atoms with Crippen molar-refractivity contribution in [2.75, 3.05) is 6.61 Å². The Morgan fingerprint density at radius 1 is 1.33 bits per heavy atom. The average Bonchev–Trinajstić information content (AvgIpc) is 2.27. The second-order valence-corrected chi connectivity index (χ2v) is 6.25. The van der Waals surface area contributed by atoms with Crippen LogP contribution in [0, 0.1) is 5.41 Å². The van der Waals surface area contributed by atoms with Gasteiger partial charge in [0.2, 0.25) is 0 Å². The molecule has 3 nitrogen and oxygen atoms in total. The van der Waals surface area contributed by atoms with Crippen LogP contribution in [0.5, 0.6) is 5.75 Å². The highest BCUT2D eigenvalue weighted by molar-refractivity contribution is 6.17. The highest BCUT2D eigenvalue weighted by atomic mass is 35.5. The van der Waals surface area contributed by atoms with E-state index in [-0.39, 0.29) is 5.41 Å². The Hall–Kier alpha value is -0.830.